The van der Waals surface area contributed by atoms with Gasteiger partial charge in [0.1, 0.15) is 0 Å². The highest BCUT2D eigenvalue weighted by Crippen LogP contribution is 2.28. The smallest absolute Gasteiger partial charge is 0.190 e. The number of aromatic nitrogens is 2. The standard InChI is InChI=1S/C18H33N5.HI/c1-15-14-16(2)23(22-15)13-7-12-21-18(19-3)20-11-6-10-17-8-4-5-9-17;/h14,17H,4-13H2,1-3H3,(H2,19,20,21);1H. The summed E-state index contributed by atoms with van der Waals surface area (Å²) in [6.07, 6.45) is 9.43. The quantitative estimate of drug-likeness (QED) is 0.277. The minimum Gasteiger partial charge on any atom is -0.356 e. The Morgan fingerprint density at radius 1 is 1.21 bits per heavy atom. The largest absolute Gasteiger partial charge is 0.356 e. The molecular weight excluding hydrogens is 413 g/mol. The van der Waals surface area contributed by atoms with E-state index in [2.05, 4.69) is 38.4 Å². The molecule has 0 atom stereocenters. The topological polar surface area (TPSA) is 54.2 Å². The lowest BCUT2D eigenvalue weighted by atomic mass is 10.0. The second-order valence-electron chi connectivity index (χ2n) is 6.72. The van der Waals surface area contributed by atoms with Crippen LogP contribution in [0.2, 0.25) is 0 Å². The van der Waals surface area contributed by atoms with Crippen LogP contribution >= 0.6 is 24.0 Å². The highest BCUT2D eigenvalue weighted by molar-refractivity contribution is 14.0. The number of nitrogens with zero attached hydrogens (tertiary/aromatic N) is 3. The van der Waals surface area contributed by atoms with Crippen molar-refractivity contribution in [1.82, 2.24) is 20.4 Å². The fourth-order valence-electron chi connectivity index (χ4n) is 3.45. The first kappa shape index (κ1) is 21.3. The monoisotopic (exact) mass is 447 g/mol. The van der Waals surface area contributed by atoms with Crippen molar-refractivity contribution >= 4 is 29.9 Å². The highest BCUT2D eigenvalue weighted by Gasteiger charge is 2.13. The summed E-state index contributed by atoms with van der Waals surface area (Å²) in [5.74, 6) is 1.90. The Morgan fingerprint density at radius 2 is 1.88 bits per heavy atom. The second-order valence-corrected chi connectivity index (χ2v) is 6.72. The van der Waals surface area contributed by atoms with Crippen LogP contribution in [0.25, 0.3) is 0 Å². The summed E-state index contributed by atoms with van der Waals surface area (Å²) in [6.45, 7) is 7.04. The fraction of sp³-hybridized carbons (Fsp3) is 0.778. The first-order valence-corrected chi connectivity index (χ1v) is 9.14. The summed E-state index contributed by atoms with van der Waals surface area (Å²) in [6, 6.07) is 2.12. The Hall–Kier alpha value is -0.790. The van der Waals surface area contributed by atoms with Crippen LogP contribution in [0.4, 0.5) is 0 Å². The van der Waals surface area contributed by atoms with Crippen LogP contribution in [-0.2, 0) is 6.54 Å². The number of rotatable bonds is 8. The Morgan fingerprint density at radius 3 is 2.46 bits per heavy atom. The molecule has 1 aliphatic carbocycles. The van der Waals surface area contributed by atoms with Gasteiger partial charge in [-0.15, -0.1) is 24.0 Å². The predicted octanol–water partition coefficient (Wildman–Crippen LogP) is 3.64. The molecular formula is C18H34IN5. The maximum absolute atomic E-state index is 4.49. The van der Waals surface area contributed by atoms with Crippen molar-refractivity contribution in [2.24, 2.45) is 10.9 Å². The van der Waals surface area contributed by atoms with E-state index in [0.717, 1.165) is 43.6 Å². The van der Waals surface area contributed by atoms with E-state index in [4.69, 9.17) is 0 Å². The minimum absolute atomic E-state index is 0. The molecule has 1 aliphatic rings. The third-order valence-corrected chi connectivity index (χ3v) is 4.72. The molecule has 1 heterocycles. The van der Waals surface area contributed by atoms with E-state index in [1.165, 1.54) is 44.2 Å². The molecule has 1 aromatic rings. The van der Waals surface area contributed by atoms with Crippen LogP contribution in [0.15, 0.2) is 11.1 Å². The van der Waals surface area contributed by atoms with Gasteiger partial charge in [0, 0.05) is 32.4 Å². The van der Waals surface area contributed by atoms with E-state index in [9.17, 15) is 0 Å². The number of guanidine groups is 1. The maximum atomic E-state index is 4.49. The Balaban J connectivity index is 0.00000288. The molecule has 5 nitrogen and oxygen atoms in total. The van der Waals surface area contributed by atoms with Crippen molar-refractivity contribution in [3.8, 4) is 0 Å². The van der Waals surface area contributed by atoms with Gasteiger partial charge < -0.3 is 10.6 Å². The molecule has 0 aliphatic heterocycles. The summed E-state index contributed by atoms with van der Waals surface area (Å²) < 4.78 is 2.08. The summed E-state index contributed by atoms with van der Waals surface area (Å²) in [5.41, 5.74) is 2.33. The summed E-state index contributed by atoms with van der Waals surface area (Å²) in [5, 5.41) is 11.3. The predicted molar refractivity (Wildman–Crippen MR) is 112 cm³/mol. The van der Waals surface area contributed by atoms with Gasteiger partial charge in [-0.3, -0.25) is 9.67 Å². The average Bonchev–Trinajstić information content (AvgIpc) is 3.15. The normalized spacial score (nSPS) is 15.4. The third-order valence-electron chi connectivity index (χ3n) is 4.72. The Bertz CT molecular complexity index is 492. The zero-order valence-corrected chi connectivity index (χ0v) is 17.8. The van der Waals surface area contributed by atoms with Gasteiger partial charge in [-0.2, -0.15) is 5.10 Å². The summed E-state index contributed by atoms with van der Waals surface area (Å²) in [4.78, 5) is 4.30. The van der Waals surface area contributed by atoms with Crippen LogP contribution < -0.4 is 10.6 Å². The summed E-state index contributed by atoms with van der Waals surface area (Å²) in [7, 11) is 1.84. The zero-order chi connectivity index (χ0) is 16.5. The van der Waals surface area contributed by atoms with Crippen molar-refractivity contribution in [3.63, 3.8) is 0 Å². The SMILES string of the molecule is CN=C(NCCCC1CCCC1)NCCCn1nc(C)cc1C.I. The minimum atomic E-state index is 0. The van der Waals surface area contributed by atoms with Crippen molar-refractivity contribution in [2.45, 2.75) is 65.3 Å². The molecule has 2 N–H and O–H groups in total. The third kappa shape index (κ3) is 7.40. The van der Waals surface area contributed by atoms with E-state index in [1.807, 2.05) is 14.0 Å². The van der Waals surface area contributed by atoms with Crippen LogP contribution in [0, 0.1) is 19.8 Å². The van der Waals surface area contributed by atoms with E-state index in [-0.39, 0.29) is 24.0 Å². The molecule has 0 radical (unpaired) electrons. The molecule has 0 unspecified atom stereocenters. The van der Waals surface area contributed by atoms with Gasteiger partial charge in [0.25, 0.3) is 0 Å². The molecule has 2 rings (SSSR count). The first-order valence-electron chi connectivity index (χ1n) is 9.14. The van der Waals surface area contributed by atoms with Crippen LogP contribution in [0.3, 0.4) is 0 Å². The molecule has 0 spiro atoms. The van der Waals surface area contributed by atoms with Crippen LogP contribution in [-0.4, -0.2) is 35.9 Å². The molecule has 0 aromatic carbocycles. The van der Waals surface area contributed by atoms with Gasteiger partial charge in [-0.25, -0.2) is 0 Å². The van der Waals surface area contributed by atoms with Crippen molar-refractivity contribution < 1.29 is 0 Å². The molecule has 0 saturated heterocycles. The van der Waals surface area contributed by atoms with E-state index < -0.39 is 0 Å². The van der Waals surface area contributed by atoms with Crippen molar-refractivity contribution in [2.75, 3.05) is 20.1 Å². The number of aliphatic imine (C=N–C) groups is 1. The molecule has 24 heavy (non-hydrogen) atoms. The lowest BCUT2D eigenvalue weighted by Gasteiger charge is -2.13. The first-order chi connectivity index (χ1) is 11.2. The van der Waals surface area contributed by atoms with Gasteiger partial charge in [0.2, 0.25) is 0 Å². The van der Waals surface area contributed by atoms with Crippen LogP contribution in [0.5, 0.6) is 0 Å². The molecule has 1 fully saturated rings. The van der Waals surface area contributed by atoms with Crippen molar-refractivity contribution in [1.29, 1.82) is 0 Å². The highest BCUT2D eigenvalue weighted by atomic mass is 127. The lowest BCUT2D eigenvalue weighted by Crippen LogP contribution is -2.38. The molecule has 138 valence electrons. The Labute approximate surface area is 164 Å². The van der Waals surface area contributed by atoms with Gasteiger partial charge in [-0.05, 0) is 45.1 Å². The fourth-order valence-corrected chi connectivity index (χ4v) is 3.45. The average molecular weight is 447 g/mol. The van der Waals surface area contributed by atoms with E-state index in [1.54, 1.807) is 0 Å². The maximum Gasteiger partial charge on any atom is 0.190 e. The molecule has 0 amide bonds. The number of aryl methyl sites for hydroxylation is 3. The van der Waals surface area contributed by atoms with Gasteiger partial charge in [-0.1, -0.05) is 25.7 Å². The molecule has 1 aromatic heterocycles. The lowest BCUT2D eigenvalue weighted by molar-refractivity contribution is 0.481. The van der Waals surface area contributed by atoms with Gasteiger partial charge >= 0.3 is 0 Å². The van der Waals surface area contributed by atoms with Gasteiger partial charge in [0.15, 0.2) is 5.96 Å². The number of hydrogen-bond acceptors (Lipinski definition) is 2. The van der Waals surface area contributed by atoms with Crippen LogP contribution in [0.1, 0.15) is 56.3 Å². The van der Waals surface area contributed by atoms with E-state index in [0.29, 0.717) is 0 Å². The molecule has 0 bridgehead atoms. The van der Waals surface area contributed by atoms with Gasteiger partial charge in [0.05, 0.1) is 5.69 Å². The molecule has 1 saturated carbocycles. The van der Waals surface area contributed by atoms with E-state index >= 15 is 0 Å². The number of halogens is 1. The van der Waals surface area contributed by atoms with Crippen molar-refractivity contribution in [3.05, 3.63) is 17.5 Å². The number of hydrogen-bond donors (Lipinski definition) is 2. The Kier molecular flexibility index (Phi) is 10.4. The second kappa shape index (κ2) is 11.7. The number of nitrogens with one attached hydrogen (secondary N) is 2. The zero-order valence-electron chi connectivity index (χ0n) is 15.5. The molecule has 6 heteroatoms. The summed E-state index contributed by atoms with van der Waals surface area (Å²) >= 11 is 0.